The van der Waals surface area contributed by atoms with E-state index >= 15 is 0 Å². The number of phenolic OH excluding ortho intramolecular Hbond substituents is 1. The molecule has 0 aromatic heterocycles. The molecule has 0 spiro atoms. The average Bonchev–Trinajstić information content (AvgIpc) is 3.94. The molecule has 4 heterocycles. The highest BCUT2D eigenvalue weighted by Crippen LogP contribution is 2.49. The number of amides is 1. The Balaban J connectivity index is 1.48. The fourth-order valence-corrected chi connectivity index (χ4v) is 8.69. The number of aliphatic hydroxyl groups is 3. The van der Waals surface area contributed by atoms with Gasteiger partial charge in [0.2, 0.25) is 5.78 Å². The summed E-state index contributed by atoms with van der Waals surface area (Å²) in [6, 6.07) is -0.576. The number of aliphatic hydroxyl groups excluding tert-OH is 3. The quantitative estimate of drug-likeness (QED) is 0.276. The van der Waals surface area contributed by atoms with Crippen molar-refractivity contribution >= 4 is 34.9 Å². The molecule has 2 aliphatic carbocycles. The van der Waals surface area contributed by atoms with Gasteiger partial charge < -0.3 is 49.4 Å². The van der Waals surface area contributed by atoms with Crippen LogP contribution in [0.3, 0.4) is 0 Å². The Kier molecular flexibility index (Phi) is 12.4. The van der Waals surface area contributed by atoms with Crippen molar-refractivity contribution in [3.63, 3.8) is 0 Å². The van der Waals surface area contributed by atoms with Crippen molar-refractivity contribution < 1.29 is 68.1 Å². The second kappa shape index (κ2) is 16.7. The molecule has 13 unspecified atom stereocenters. The van der Waals surface area contributed by atoms with Crippen LogP contribution in [0.4, 0.5) is 0 Å². The molecule has 59 heavy (non-hydrogen) atoms. The van der Waals surface area contributed by atoms with Crippen LogP contribution in [0.1, 0.15) is 99.6 Å². The van der Waals surface area contributed by atoms with E-state index in [-0.39, 0.29) is 51.4 Å². The van der Waals surface area contributed by atoms with Crippen molar-refractivity contribution in [2.75, 3.05) is 7.11 Å². The predicted molar refractivity (Wildman–Crippen MR) is 209 cm³/mol. The van der Waals surface area contributed by atoms with E-state index in [0.29, 0.717) is 12.8 Å². The maximum atomic E-state index is 14.5. The van der Waals surface area contributed by atoms with E-state index in [1.807, 2.05) is 0 Å². The van der Waals surface area contributed by atoms with Gasteiger partial charge in [0.25, 0.3) is 11.7 Å². The minimum absolute atomic E-state index is 0.0441. The maximum absolute atomic E-state index is 14.5. The first-order valence-corrected chi connectivity index (χ1v) is 20.0. The average molecular weight is 823 g/mol. The van der Waals surface area contributed by atoms with Crippen LogP contribution in [0.25, 0.3) is 0 Å². The summed E-state index contributed by atoms with van der Waals surface area (Å²) in [6.45, 7) is 12.2. The van der Waals surface area contributed by atoms with E-state index < -0.39 is 113 Å². The molecule has 1 amide bonds. The number of rotatable bonds is 3. The van der Waals surface area contributed by atoms with Crippen molar-refractivity contribution in [2.24, 2.45) is 34.6 Å². The maximum Gasteiger partial charge on any atom is 0.312 e. The monoisotopic (exact) mass is 822 g/mol. The highest BCUT2D eigenvalue weighted by Gasteiger charge is 2.52. The molecular weight excluding hydrogens is 768 g/mol. The van der Waals surface area contributed by atoms with Gasteiger partial charge in [-0.3, -0.25) is 29.0 Å². The molecule has 1 saturated heterocycles. The minimum atomic E-state index is -2.03. The molecule has 1 saturated carbocycles. The molecule has 7 rings (SSSR count). The number of allylic oxidation sites excluding steroid dienone is 3. The van der Waals surface area contributed by atoms with Crippen LogP contribution in [-0.4, -0.2) is 111 Å². The third-order valence-corrected chi connectivity index (χ3v) is 12.4. The molecule has 1 aromatic carbocycles. The number of Topliss-reactive ketones (excluding diaryl/α,β-unsaturated/α-hetero) is 2. The molecule has 5 bridgehead atoms. The van der Waals surface area contributed by atoms with Crippen LogP contribution in [0, 0.1) is 36.5 Å². The van der Waals surface area contributed by atoms with Crippen LogP contribution >= 0.6 is 0 Å². The number of ketones is 3. The number of fused-ring (bicyclic) bond motifs is 12. The highest BCUT2D eigenvalue weighted by atomic mass is 16.7. The number of hydrogen-bond acceptors (Lipinski definition) is 15. The number of esters is 1. The van der Waals surface area contributed by atoms with E-state index in [0.717, 1.165) is 6.08 Å². The van der Waals surface area contributed by atoms with E-state index in [1.165, 1.54) is 53.2 Å². The molecule has 16 nitrogen and oxygen atoms in total. The van der Waals surface area contributed by atoms with E-state index in [1.54, 1.807) is 27.7 Å². The number of carbonyl (C=O) groups is 5. The molecule has 5 N–H and O–H groups in total. The summed E-state index contributed by atoms with van der Waals surface area (Å²) in [6.07, 6.45) is 0.385. The van der Waals surface area contributed by atoms with Crippen molar-refractivity contribution in [1.82, 2.24) is 5.32 Å². The molecule has 16 heteroatoms. The van der Waals surface area contributed by atoms with Crippen LogP contribution in [-0.2, 0) is 33.3 Å². The summed E-state index contributed by atoms with van der Waals surface area (Å²) in [4.78, 5) is 73.1. The molecule has 1 aromatic rings. The van der Waals surface area contributed by atoms with Gasteiger partial charge >= 0.3 is 11.8 Å². The summed E-state index contributed by atoms with van der Waals surface area (Å²) in [5.74, 6) is -9.25. The number of aromatic hydroxyl groups is 1. The van der Waals surface area contributed by atoms with Gasteiger partial charge in [0.05, 0.1) is 59.3 Å². The van der Waals surface area contributed by atoms with Gasteiger partial charge in [-0.05, 0) is 57.8 Å². The number of phenols is 1. The van der Waals surface area contributed by atoms with Gasteiger partial charge in [-0.15, -0.1) is 0 Å². The lowest BCUT2D eigenvalue weighted by atomic mass is 9.79. The van der Waals surface area contributed by atoms with Crippen LogP contribution in [0.5, 0.6) is 11.5 Å². The molecule has 6 aliphatic rings. The number of ether oxygens (including phenoxy) is 5. The fraction of sp³-hybridized carbons (Fsp3) is 0.581. The zero-order valence-corrected chi connectivity index (χ0v) is 34.7. The molecule has 4 aliphatic heterocycles. The van der Waals surface area contributed by atoms with Crippen molar-refractivity contribution in [1.29, 1.82) is 0 Å². The lowest BCUT2D eigenvalue weighted by molar-refractivity contribution is -0.162. The number of benzene rings is 1. The Morgan fingerprint density at radius 1 is 0.949 bits per heavy atom. The van der Waals surface area contributed by atoms with Gasteiger partial charge in [-0.25, -0.2) is 0 Å². The van der Waals surface area contributed by atoms with E-state index in [4.69, 9.17) is 28.7 Å². The number of carbonyl (C=O) groups excluding carboxylic acids is 5. The number of methoxy groups -OCH3 is 1. The van der Waals surface area contributed by atoms with Gasteiger partial charge in [0.15, 0.2) is 12.1 Å². The van der Waals surface area contributed by atoms with Crippen LogP contribution < -0.4 is 10.1 Å². The number of hydrogen-bond donors (Lipinski definition) is 5. The van der Waals surface area contributed by atoms with Gasteiger partial charge in [0, 0.05) is 67.7 Å². The van der Waals surface area contributed by atoms with Crippen molar-refractivity contribution in [3.05, 3.63) is 58.0 Å². The van der Waals surface area contributed by atoms with E-state index in [2.05, 4.69) is 5.32 Å². The lowest BCUT2D eigenvalue weighted by Gasteiger charge is -2.37. The molecule has 2 fully saturated rings. The standard InChI is InChI=1S/C43H54N2O14/c1-17-14-29(47)24-15-25(24)36(50)19(3)35(49)20(4)39(58-23(7)46)18(2)30(55-9)12-13-56-43(8)41(53)34-32-27(44-26-10-11-31(48)57-22(26)6)16-28(45-42(17)54)38(52)33(32)37(51)21(5)40(34)59-43/h12-14,16,18-20,22,24-26,30-31,35-36,39,48-51H,10-11,15H2,1-9H3,(H,45,54)/b13-12-,17-14-,44-27?. The van der Waals surface area contributed by atoms with Crippen LogP contribution in [0.2, 0.25) is 0 Å². The number of nitrogens with zero attached hydrogens (tertiary/aromatic N) is 1. The SMILES string of the molecule is COC1/C=C\OC2(C)Oc3c(C)c(O)c4c(c3C2=O)C(=NC2CCC(O)OC2C)C=C(NC(=O)/C(C)=C\C(=O)C2CC2C(O)C(C)C(O)C(C)C(OC(C)=O)C1C)C4=O. The normalized spacial score (nSPS) is 38.6. The summed E-state index contributed by atoms with van der Waals surface area (Å²) < 4.78 is 29.3. The largest absolute Gasteiger partial charge is 0.507 e. The number of nitrogens with one attached hydrogen (secondary N) is 1. The van der Waals surface area contributed by atoms with Gasteiger partial charge in [0.1, 0.15) is 17.6 Å². The van der Waals surface area contributed by atoms with Gasteiger partial charge in [-0.2, -0.15) is 0 Å². The van der Waals surface area contributed by atoms with Crippen molar-refractivity contribution in [2.45, 2.75) is 123 Å². The predicted octanol–water partition coefficient (Wildman–Crippen LogP) is 3.14. The smallest absolute Gasteiger partial charge is 0.312 e. The summed E-state index contributed by atoms with van der Waals surface area (Å²) in [7, 11) is 1.42. The first-order chi connectivity index (χ1) is 27.7. The lowest BCUT2D eigenvalue weighted by Crippen LogP contribution is -2.46. The first-order valence-electron chi connectivity index (χ1n) is 20.0. The molecular formula is C43H54N2O14. The zero-order chi connectivity index (χ0) is 43.4. The van der Waals surface area contributed by atoms with Crippen molar-refractivity contribution in [3.8, 4) is 11.5 Å². The Hall–Kier alpha value is -4.74. The number of aliphatic imine (C=N–C) groups is 1. The van der Waals surface area contributed by atoms with Gasteiger partial charge in [-0.1, -0.05) is 20.8 Å². The Morgan fingerprint density at radius 3 is 2.29 bits per heavy atom. The highest BCUT2D eigenvalue weighted by molar-refractivity contribution is 6.32. The van der Waals surface area contributed by atoms with Crippen LogP contribution in [0.15, 0.2) is 40.8 Å². The second-order valence-electron chi connectivity index (χ2n) is 16.6. The summed E-state index contributed by atoms with van der Waals surface area (Å²) in [5.41, 5.74) is -0.683. The third-order valence-electron chi connectivity index (χ3n) is 12.4. The Morgan fingerprint density at radius 2 is 1.64 bits per heavy atom. The Labute approximate surface area is 342 Å². The third kappa shape index (κ3) is 8.25. The topological polar surface area (TPSA) is 237 Å². The molecule has 320 valence electrons. The first kappa shape index (κ1) is 43.8. The second-order valence-corrected chi connectivity index (χ2v) is 16.6. The minimum Gasteiger partial charge on any atom is -0.507 e. The van der Waals surface area contributed by atoms with E-state index in [9.17, 15) is 44.4 Å². The summed E-state index contributed by atoms with van der Waals surface area (Å²) >= 11 is 0. The molecule has 13 atom stereocenters. The zero-order valence-electron chi connectivity index (χ0n) is 34.7. The summed E-state index contributed by atoms with van der Waals surface area (Å²) in [5, 5.41) is 47.2. The fourth-order valence-electron chi connectivity index (χ4n) is 8.69. The Bertz CT molecular complexity index is 2050. The molecule has 0 radical (unpaired) electrons.